The summed E-state index contributed by atoms with van der Waals surface area (Å²) in [5, 5.41) is 5.54. The van der Waals surface area contributed by atoms with Gasteiger partial charge in [0.25, 0.3) is 5.91 Å². The van der Waals surface area contributed by atoms with Gasteiger partial charge in [0.1, 0.15) is 11.3 Å². The Morgan fingerprint density at radius 3 is 2.69 bits per heavy atom. The van der Waals surface area contributed by atoms with Gasteiger partial charge in [0.2, 0.25) is 0 Å². The SMILES string of the molecule is COc1ccc(/C=N/N(C)C(=O)c2c(C)nc3ccccn23)cc1OC. The molecule has 0 spiro atoms. The number of rotatable bonds is 5. The zero-order valence-corrected chi connectivity index (χ0v) is 15.1. The van der Waals surface area contributed by atoms with Crippen molar-refractivity contribution < 1.29 is 14.3 Å². The molecule has 0 aliphatic carbocycles. The Bertz CT molecular complexity index is 978. The molecule has 3 aromatic rings. The van der Waals surface area contributed by atoms with E-state index < -0.39 is 0 Å². The number of benzene rings is 1. The largest absolute Gasteiger partial charge is 0.493 e. The number of carbonyl (C=O) groups is 1. The lowest BCUT2D eigenvalue weighted by Gasteiger charge is -2.12. The third-order valence-electron chi connectivity index (χ3n) is 3.99. The third-order valence-corrected chi connectivity index (χ3v) is 3.99. The van der Waals surface area contributed by atoms with Crippen LogP contribution in [0.3, 0.4) is 0 Å². The molecule has 7 nitrogen and oxygen atoms in total. The number of methoxy groups -OCH3 is 2. The summed E-state index contributed by atoms with van der Waals surface area (Å²) >= 11 is 0. The summed E-state index contributed by atoms with van der Waals surface area (Å²) in [6.07, 6.45) is 3.41. The van der Waals surface area contributed by atoms with Crippen molar-refractivity contribution in [3.8, 4) is 11.5 Å². The summed E-state index contributed by atoms with van der Waals surface area (Å²) < 4.78 is 12.3. The van der Waals surface area contributed by atoms with Crippen LogP contribution in [-0.2, 0) is 0 Å². The molecule has 7 heteroatoms. The number of hydrazone groups is 1. The number of amides is 1. The van der Waals surface area contributed by atoms with E-state index in [-0.39, 0.29) is 5.91 Å². The van der Waals surface area contributed by atoms with Gasteiger partial charge in [0.05, 0.1) is 26.1 Å². The number of hydrogen-bond acceptors (Lipinski definition) is 5. The summed E-state index contributed by atoms with van der Waals surface area (Å²) in [5.74, 6) is 0.997. The van der Waals surface area contributed by atoms with E-state index in [2.05, 4.69) is 10.1 Å². The van der Waals surface area contributed by atoms with Crippen molar-refractivity contribution in [3.05, 3.63) is 59.5 Å². The van der Waals surface area contributed by atoms with Crippen LogP contribution in [-0.4, -0.2) is 47.8 Å². The maximum Gasteiger partial charge on any atom is 0.292 e. The highest BCUT2D eigenvalue weighted by Gasteiger charge is 2.19. The lowest BCUT2D eigenvalue weighted by molar-refractivity contribution is 0.0792. The van der Waals surface area contributed by atoms with Crippen LogP contribution < -0.4 is 9.47 Å². The van der Waals surface area contributed by atoms with Gasteiger partial charge in [-0.05, 0) is 42.8 Å². The molecule has 134 valence electrons. The average molecular weight is 352 g/mol. The molecule has 0 aliphatic rings. The van der Waals surface area contributed by atoms with E-state index in [4.69, 9.17) is 9.47 Å². The maximum atomic E-state index is 12.8. The lowest BCUT2D eigenvalue weighted by Crippen LogP contribution is -2.23. The van der Waals surface area contributed by atoms with Gasteiger partial charge < -0.3 is 9.47 Å². The Hall–Kier alpha value is -3.35. The van der Waals surface area contributed by atoms with Gasteiger partial charge in [-0.25, -0.2) is 9.99 Å². The van der Waals surface area contributed by atoms with Crippen LogP contribution >= 0.6 is 0 Å². The predicted molar refractivity (Wildman–Crippen MR) is 99.2 cm³/mol. The Labute approximate surface area is 151 Å². The molecule has 2 heterocycles. The standard InChI is InChI=1S/C19H20N4O3/c1-13-18(23-10-6-5-7-17(23)21-13)19(24)22(2)20-12-14-8-9-15(25-3)16(11-14)26-4/h5-12H,1-4H3/b20-12+. The van der Waals surface area contributed by atoms with E-state index in [9.17, 15) is 4.79 Å². The van der Waals surface area contributed by atoms with E-state index >= 15 is 0 Å². The second-order valence-corrected chi connectivity index (χ2v) is 5.66. The maximum absolute atomic E-state index is 12.8. The van der Waals surface area contributed by atoms with Crippen LogP contribution in [0.2, 0.25) is 0 Å². The number of aromatic nitrogens is 2. The van der Waals surface area contributed by atoms with Crippen molar-refractivity contribution in [2.75, 3.05) is 21.3 Å². The van der Waals surface area contributed by atoms with Crippen molar-refractivity contribution in [2.45, 2.75) is 6.92 Å². The van der Waals surface area contributed by atoms with Gasteiger partial charge >= 0.3 is 0 Å². The van der Waals surface area contributed by atoms with Gasteiger partial charge in [-0.15, -0.1) is 0 Å². The Morgan fingerprint density at radius 2 is 1.96 bits per heavy atom. The summed E-state index contributed by atoms with van der Waals surface area (Å²) in [6.45, 7) is 1.81. The Kier molecular flexibility index (Phi) is 4.88. The molecule has 26 heavy (non-hydrogen) atoms. The fourth-order valence-electron chi connectivity index (χ4n) is 2.66. The number of fused-ring (bicyclic) bond motifs is 1. The highest BCUT2D eigenvalue weighted by molar-refractivity contribution is 5.95. The lowest BCUT2D eigenvalue weighted by atomic mass is 10.2. The first-order valence-electron chi connectivity index (χ1n) is 8.03. The molecule has 0 saturated carbocycles. The molecule has 3 rings (SSSR count). The van der Waals surface area contributed by atoms with Gasteiger partial charge in [0, 0.05) is 13.2 Å². The second-order valence-electron chi connectivity index (χ2n) is 5.66. The number of carbonyl (C=O) groups excluding carboxylic acids is 1. The normalized spacial score (nSPS) is 11.1. The van der Waals surface area contributed by atoms with Crippen molar-refractivity contribution >= 4 is 17.8 Å². The van der Waals surface area contributed by atoms with E-state index in [1.165, 1.54) is 5.01 Å². The molecule has 0 aliphatic heterocycles. The first-order valence-corrected chi connectivity index (χ1v) is 8.03. The van der Waals surface area contributed by atoms with Crippen LogP contribution in [0.5, 0.6) is 11.5 Å². The van der Waals surface area contributed by atoms with Gasteiger partial charge in [0.15, 0.2) is 11.5 Å². The van der Waals surface area contributed by atoms with Crippen LogP contribution in [0.25, 0.3) is 5.65 Å². The summed E-state index contributed by atoms with van der Waals surface area (Å²) in [7, 11) is 4.76. The summed E-state index contributed by atoms with van der Waals surface area (Å²) in [5.41, 5.74) is 2.67. The van der Waals surface area contributed by atoms with Crippen molar-refractivity contribution in [1.29, 1.82) is 0 Å². The van der Waals surface area contributed by atoms with Crippen molar-refractivity contribution in [2.24, 2.45) is 5.10 Å². The number of ether oxygens (including phenoxy) is 2. The topological polar surface area (TPSA) is 68.4 Å². The van der Waals surface area contributed by atoms with Crippen molar-refractivity contribution in [3.63, 3.8) is 0 Å². The number of hydrogen-bond donors (Lipinski definition) is 0. The van der Waals surface area contributed by atoms with Crippen molar-refractivity contribution in [1.82, 2.24) is 14.4 Å². The quantitative estimate of drug-likeness (QED) is 0.523. The Morgan fingerprint density at radius 1 is 1.19 bits per heavy atom. The minimum absolute atomic E-state index is 0.238. The summed E-state index contributed by atoms with van der Waals surface area (Å²) in [4.78, 5) is 17.2. The van der Waals surface area contributed by atoms with E-state index in [1.54, 1.807) is 44.0 Å². The number of pyridine rings is 1. The smallest absolute Gasteiger partial charge is 0.292 e. The molecule has 1 aromatic carbocycles. The molecule has 0 atom stereocenters. The molecule has 0 bridgehead atoms. The highest BCUT2D eigenvalue weighted by Crippen LogP contribution is 2.26. The molecular weight excluding hydrogens is 332 g/mol. The van der Waals surface area contributed by atoms with Crippen LogP contribution in [0.1, 0.15) is 21.7 Å². The molecule has 0 unspecified atom stereocenters. The first kappa shape index (κ1) is 17.5. The fraction of sp³-hybridized carbons (Fsp3) is 0.211. The van der Waals surface area contributed by atoms with Gasteiger partial charge in [-0.1, -0.05) is 6.07 Å². The summed E-state index contributed by atoms with van der Waals surface area (Å²) in [6, 6.07) is 11.0. The van der Waals surface area contributed by atoms with E-state index in [1.807, 2.05) is 37.4 Å². The van der Waals surface area contributed by atoms with Gasteiger partial charge in [-0.3, -0.25) is 9.20 Å². The second kappa shape index (κ2) is 7.26. The molecule has 0 fully saturated rings. The first-order chi connectivity index (χ1) is 12.5. The number of imidazole rings is 1. The van der Waals surface area contributed by atoms with E-state index in [0.29, 0.717) is 22.9 Å². The Balaban J connectivity index is 1.85. The number of nitrogens with zero attached hydrogens (tertiary/aromatic N) is 4. The van der Waals surface area contributed by atoms with Crippen LogP contribution in [0.4, 0.5) is 0 Å². The highest BCUT2D eigenvalue weighted by atomic mass is 16.5. The molecule has 0 radical (unpaired) electrons. The zero-order valence-electron chi connectivity index (χ0n) is 15.1. The minimum atomic E-state index is -0.238. The average Bonchev–Trinajstić information content (AvgIpc) is 3.00. The van der Waals surface area contributed by atoms with E-state index in [0.717, 1.165) is 11.2 Å². The van der Waals surface area contributed by atoms with Crippen LogP contribution in [0, 0.1) is 6.92 Å². The molecular formula is C19H20N4O3. The third kappa shape index (κ3) is 3.23. The fourth-order valence-corrected chi connectivity index (χ4v) is 2.66. The number of aryl methyl sites for hydroxylation is 1. The molecule has 0 N–H and O–H groups in total. The monoisotopic (exact) mass is 352 g/mol. The molecule has 1 amide bonds. The predicted octanol–water partition coefficient (Wildman–Crippen LogP) is 2.77. The minimum Gasteiger partial charge on any atom is -0.493 e. The van der Waals surface area contributed by atoms with Gasteiger partial charge in [-0.2, -0.15) is 5.10 Å². The molecule has 2 aromatic heterocycles. The van der Waals surface area contributed by atoms with Crippen LogP contribution in [0.15, 0.2) is 47.7 Å². The molecule has 0 saturated heterocycles. The zero-order chi connectivity index (χ0) is 18.7.